The van der Waals surface area contributed by atoms with Gasteiger partial charge in [-0.3, -0.25) is 4.79 Å². The molecule has 0 radical (unpaired) electrons. The van der Waals surface area contributed by atoms with Crippen molar-refractivity contribution in [3.63, 3.8) is 0 Å². The van der Waals surface area contributed by atoms with E-state index in [2.05, 4.69) is 15.3 Å². The summed E-state index contributed by atoms with van der Waals surface area (Å²) in [5.41, 5.74) is 6.09. The third-order valence-corrected chi connectivity index (χ3v) is 4.15. The van der Waals surface area contributed by atoms with Gasteiger partial charge in [0.1, 0.15) is 0 Å². The Kier molecular flexibility index (Phi) is 5.16. The van der Waals surface area contributed by atoms with Crippen LogP contribution in [0.25, 0.3) is 11.0 Å². The summed E-state index contributed by atoms with van der Waals surface area (Å²) in [7, 11) is 0. The molecule has 0 spiro atoms. The maximum absolute atomic E-state index is 12.3. The normalized spacial score (nSPS) is 10.7. The van der Waals surface area contributed by atoms with Crippen molar-refractivity contribution in [2.75, 3.05) is 11.9 Å². The van der Waals surface area contributed by atoms with Gasteiger partial charge in [-0.25, -0.2) is 14.8 Å². The van der Waals surface area contributed by atoms with E-state index in [4.69, 9.17) is 4.74 Å². The molecule has 0 saturated heterocycles. The molecular weight excluding hydrogens is 342 g/mol. The van der Waals surface area contributed by atoms with Gasteiger partial charge >= 0.3 is 5.97 Å². The van der Waals surface area contributed by atoms with Crippen molar-refractivity contribution in [1.82, 2.24) is 9.97 Å². The maximum atomic E-state index is 12.3. The second-order valence-electron chi connectivity index (χ2n) is 6.60. The molecule has 2 aromatic carbocycles. The maximum Gasteiger partial charge on any atom is 0.338 e. The van der Waals surface area contributed by atoms with Gasteiger partial charge < -0.3 is 10.1 Å². The van der Waals surface area contributed by atoms with E-state index in [1.54, 1.807) is 18.2 Å². The van der Waals surface area contributed by atoms with Crippen LogP contribution in [0.15, 0.2) is 36.4 Å². The average molecular weight is 363 g/mol. The molecule has 0 unspecified atom stereocenters. The minimum Gasteiger partial charge on any atom is -0.452 e. The van der Waals surface area contributed by atoms with Gasteiger partial charge in [-0.2, -0.15) is 0 Å². The number of rotatable bonds is 4. The van der Waals surface area contributed by atoms with Crippen molar-refractivity contribution >= 4 is 28.6 Å². The zero-order chi connectivity index (χ0) is 19.6. The number of ether oxygens (including phenoxy) is 1. The van der Waals surface area contributed by atoms with E-state index in [0.717, 1.165) is 22.5 Å². The molecule has 27 heavy (non-hydrogen) atoms. The Bertz CT molecular complexity index is 1020. The first-order valence-corrected chi connectivity index (χ1v) is 8.62. The number of hydrogen-bond donors (Lipinski definition) is 1. The molecule has 6 nitrogen and oxygen atoms in total. The van der Waals surface area contributed by atoms with Gasteiger partial charge in [-0.05, 0) is 69.2 Å². The van der Waals surface area contributed by atoms with Crippen molar-refractivity contribution < 1.29 is 14.3 Å². The van der Waals surface area contributed by atoms with Crippen molar-refractivity contribution in [1.29, 1.82) is 0 Å². The lowest BCUT2D eigenvalue weighted by Gasteiger charge is -2.09. The van der Waals surface area contributed by atoms with E-state index < -0.39 is 5.97 Å². The number of aromatic nitrogens is 2. The summed E-state index contributed by atoms with van der Waals surface area (Å²) in [5.74, 6) is -0.965. The molecule has 0 fully saturated rings. The Labute approximate surface area is 157 Å². The van der Waals surface area contributed by atoms with E-state index >= 15 is 0 Å². The molecule has 1 N–H and O–H groups in total. The molecule has 0 aliphatic heterocycles. The van der Waals surface area contributed by atoms with Gasteiger partial charge in [0.25, 0.3) is 5.91 Å². The number of benzene rings is 2. The Morgan fingerprint density at radius 2 is 1.52 bits per heavy atom. The van der Waals surface area contributed by atoms with Crippen LogP contribution in [0.3, 0.4) is 0 Å². The van der Waals surface area contributed by atoms with Gasteiger partial charge in [0.05, 0.1) is 28.0 Å². The second-order valence-corrected chi connectivity index (χ2v) is 6.60. The number of anilines is 1. The summed E-state index contributed by atoms with van der Waals surface area (Å²) in [6, 6.07) is 10.7. The van der Waals surface area contributed by atoms with Crippen LogP contribution in [0.2, 0.25) is 0 Å². The van der Waals surface area contributed by atoms with E-state index in [9.17, 15) is 9.59 Å². The van der Waals surface area contributed by atoms with Crippen LogP contribution in [-0.4, -0.2) is 28.5 Å². The Morgan fingerprint density at radius 3 is 2.19 bits per heavy atom. The molecule has 0 aliphatic carbocycles. The predicted molar refractivity (Wildman–Crippen MR) is 104 cm³/mol. The lowest BCUT2D eigenvalue weighted by atomic mass is 10.1. The second kappa shape index (κ2) is 7.53. The highest BCUT2D eigenvalue weighted by Gasteiger charge is 2.12. The van der Waals surface area contributed by atoms with Gasteiger partial charge in [-0.1, -0.05) is 6.07 Å². The van der Waals surface area contributed by atoms with E-state index in [-0.39, 0.29) is 12.5 Å². The summed E-state index contributed by atoms with van der Waals surface area (Å²) in [6.07, 6.45) is 0. The minimum absolute atomic E-state index is 0.333. The van der Waals surface area contributed by atoms with Crippen LogP contribution in [0.5, 0.6) is 0 Å². The Balaban J connectivity index is 1.65. The van der Waals surface area contributed by atoms with Gasteiger partial charge in [0.15, 0.2) is 6.61 Å². The van der Waals surface area contributed by atoms with Gasteiger partial charge in [0, 0.05) is 5.69 Å². The SMILES string of the molecule is Cc1cc(C)cc(NC(=O)COC(=O)c2ccc3nc(C)c(C)nc3c2)c1. The fourth-order valence-electron chi connectivity index (χ4n) is 2.82. The van der Waals surface area contributed by atoms with Crippen molar-refractivity contribution in [2.45, 2.75) is 27.7 Å². The first-order chi connectivity index (χ1) is 12.8. The van der Waals surface area contributed by atoms with Crippen molar-refractivity contribution in [3.8, 4) is 0 Å². The van der Waals surface area contributed by atoms with Crippen LogP contribution in [-0.2, 0) is 9.53 Å². The molecule has 6 heteroatoms. The number of nitrogens with one attached hydrogen (secondary N) is 1. The van der Waals surface area contributed by atoms with Crippen LogP contribution < -0.4 is 5.32 Å². The van der Waals surface area contributed by atoms with Crippen LogP contribution in [0, 0.1) is 27.7 Å². The average Bonchev–Trinajstić information content (AvgIpc) is 2.59. The molecular formula is C21H21N3O3. The monoisotopic (exact) mass is 363 g/mol. The highest BCUT2D eigenvalue weighted by molar-refractivity contribution is 5.97. The molecule has 0 bridgehead atoms. The fraction of sp³-hybridized carbons (Fsp3) is 0.238. The molecule has 3 rings (SSSR count). The largest absolute Gasteiger partial charge is 0.452 e. The predicted octanol–water partition coefficient (Wildman–Crippen LogP) is 3.66. The van der Waals surface area contributed by atoms with Crippen molar-refractivity contribution in [3.05, 3.63) is 64.5 Å². The summed E-state index contributed by atoms with van der Waals surface area (Å²) >= 11 is 0. The fourth-order valence-corrected chi connectivity index (χ4v) is 2.82. The van der Waals surface area contributed by atoms with Crippen LogP contribution in [0.1, 0.15) is 32.9 Å². The Morgan fingerprint density at radius 1 is 0.889 bits per heavy atom. The molecule has 1 heterocycles. The minimum atomic E-state index is -0.576. The van der Waals surface area contributed by atoms with Crippen molar-refractivity contribution in [2.24, 2.45) is 0 Å². The van der Waals surface area contributed by atoms with E-state index in [1.807, 2.05) is 45.9 Å². The number of hydrogen-bond acceptors (Lipinski definition) is 5. The zero-order valence-electron chi connectivity index (χ0n) is 15.8. The number of aryl methyl sites for hydroxylation is 4. The highest BCUT2D eigenvalue weighted by Crippen LogP contribution is 2.16. The number of fused-ring (bicyclic) bond motifs is 1. The first-order valence-electron chi connectivity index (χ1n) is 8.62. The third-order valence-electron chi connectivity index (χ3n) is 4.15. The summed E-state index contributed by atoms with van der Waals surface area (Å²) in [6.45, 7) is 7.30. The highest BCUT2D eigenvalue weighted by atomic mass is 16.5. The van der Waals surface area contributed by atoms with Crippen LogP contribution in [0.4, 0.5) is 5.69 Å². The van der Waals surface area contributed by atoms with Gasteiger partial charge in [0.2, 0.25) is 0 Å². The smallest absolute Gasteiger partial charge is 0.338 e. The molecule has 0 saturated carbocycles. The first kappa shape index (κ1) is 18.5. The number of esters is 1. The number of carbonyl (C=O) groups excluding carboxylic acids is 2. The zero-order valence-corrected chi connectivity index (χ0v) is 15.8. The van der Waals surface area contributed by atoms with Gasteiger partial charge in [-0.15, -0.1) is 0 Å². The van der Waals surface area contributed by atoms with Crippen LogP contribution >= 0.6 is 0 Å². The van der Waals surface area contributed by atoms with E-state index in [1.165, 1.54) is 0 Å². The number of nitrogens with zero attached hydrogens (tertiary/aromatic N) is 2. The molecule has 138 valence electrons. The summed E-state index contributed by atoms with van der Waals surface area (Å²) in [5, 5.41) is 2.74. The summed E-state index contributed by atoms with van der Waals surface area (Å²) < 4.78 is 5.13. The number of carbonyl (C=O) groups is 2. The molecule has 0 atom stereocenters. The quantitative estimate of drug-likeness (QED) is 0.716. The molecule has 1 aromatic heterocycles. The molecule has 3 aromatic rings. The number of amides is 1. The molecule has 0 aliphatic rings. The Hall–Kier alpha value is -3.28. The lowest BCUT2D eigenvalue weighted by Crippen LogP contribution is -2.21. The summed E-state index contributed by atoms with van der Waals surface area (Å²) in [4.78, 5) is 33.2. The topological polar surface area (TPSA) is 81.2 Å². The van der Waals surface area contributed by atoms with E-state index in [0.29, 0.717) is 22.3 Å². The third kappa shape index (κ3) is 4.47. The standard InChI is InChI=1S/C21H21N3O3/c1-12-7-13(2)9-17(8-12)24-20(25)11-27-21(26)16-5-6-18-19(10-16)23-15(4)14(3)22-18/h5-10H,11H2,1-4H3,(H,24,25). The molecule has 1 amide bonds. The lowest BCUT2D eigenvalue weighted by molar-refractivity contribution is -0.119.